The molecular formula is C21H25FN2O3S. The lowest BCUT2D eigenvalue weighted by atomic mass is 9.95. The van der Waals surface area contributed by atoms with Crippen LogP contribution < -0.4 is 0 Å². The molecule has 1 heterocycles. The van der Waals surface area contributed by atoms with E-state index in [4.69, 9.17) is 0 Å². The molecule has 1 aliphatic rings. The van der Waals surface area contributed by atoms with Gasteiger partial charge in [0.15, 0.2) is 0 Å². The number of rotatable bonds is 5. The predicted molar refractivity (Wildman–Crippen MR) is 106 cm³/mol. The van der Waals surface area contributed by atoms with E-state index in [9.17, 15) is 17.6 Å². The Morgan fingerprint density at radius 2 is 1.64 bits per heavy atom. The van der Waals surface area contributed by atoms with Gasteiger partial charge in [0.25, 0.3) is 0 Å². The number of carbonyl (C=O) groups is 1. The van der Waals surface area contributed by atoms with Crippen molar-refractivity contribution in [3.05, 3.63) is 66.0 Å². The molecule has 1 fully saturated rings. The molecule has 1 aliphatic heterocycles. The summed E-state index contributed by atoms with van der Waals surface area (Å²) in [4.78, 5) is 14.7. The van der Waals surface area contributed by atoms with Crippen molar-refractivity contribution >= 4 is 15.9 Å². The van der Waals surface area contributed by atoms with Crippen molar-refractivity contribution in [2.75, 3.05) is 20.1 Å². The van der Waals surface area contributed by atoms with E-state index in [1.54, 1.807) is 11.9 Å². The fraction of sp³-hybridized carbons (Fsp3) is 0.381. The average molecular weight is 405 g/mol. The van der Waals surface area contributed by atoms with Crippen LogP contribution in [0.4, 0.5) is 4.39 Å². The van der Waals surface area contributed by atoms with Gasteiger partial charge in [0, 0.05) is 26.1 Å². The molecule has 0 spiro atoms. The third-order valence-electron chi connectivity index (χ3n) is 5.47. The molecule has 1 amide bonds. The van der Waals surface area contributed by atoms with Crippen LogP contribution in [0.25, 0.3) is 0 Å². The summed E-state index contributed by atoms with van der Waals surface area (Å²) >= 11 is 0. The molecule has 5 nitrogen and oxygen atoms in total. The largest absolute Gasteiger partial charge is 0.339 e. The number of hydrogen-bond acceptors (Lipinski definition) is 3. The first-order valence-corrected chi connectivity index (χ1v) is 10.8. The molecule has 2 aromatic carbocycles. The lowest BCUT2D eigenvalue weighted by Gasteiger charge is -2.34. The minimum atomic E-state index is -3.67. The highest BCUT2D eigenvalue weighted by atomic mass is 32.2. The van der Waals surface area contributed by atoms with Crippen LogP contribution in [0.5, 0.6) is 0 Å². The number of sulfonamides is 1. The smallest absolute Gasteiger partial charge is 0.243 e. The van der Waals surface area contributed by atoms with Crippen LogP contribution in [0, 0.1) is 11.7 Å². The molecule has 0 bridgehead atoms. The number of benzene rings is 2. The fourth-order valence-corrected chi connectivity index (χ4v) is 5.00. The van der Waals surface area contributed by atoms with E-state index < -0.39 is 15.8 Å². The van der Waals surface area contributed by atoms with Crippen LogP contribution >= 0.6 is 0 Å². The Morgan fingerprint density at radius 3 is 2.21 bits per heavy atom. The van der Waals surface area contributed by atoms with Crippen molar-refractivity contribution in [1.29, 1.82) is 0 Å². The third kappa shape index (κ3) is 4.25. The van der Waals surface area contributed by atoms with Gasteiger partial charge in [-0.05, 0) is 49.6 Å². The van der Waals surface area contributed by atoms with Gasteiger partial charge in [-0.3, -0.25) is 4.79 Å². The maximum Gasteiger partial charge on any atom is 0.243 e. The molecule has 28 heavy (non-hydrogen) atoms. The van der Waals surface area contributed by atoms with E-state index in [1.165, 1.54) is 16.4 Å². The number of halogens is 1. The molecule has 3 rings (SSSR count). The maximum absolute atomic E-state index is 13.1. The van der Waals surface area contributed by atoms with E-state index in [1.807, 2.05) is 37.3 Å². The summed E-state index contributed by atoms with van der Waals surface area (Å²) in [6, 6.07) is 14.6. The summed E-state index contributed by atoms with van der Waals surface area (Å²) in [6.07, 6.45) is 0.955. The van der Waals surface area contributed by atoms with Gasteiger partial charge in [0.05, 0.1) is 10.9 Å². The highest BCUT2D eigenvalue weighted by Gasteiger charge is 2.34. The highest BCUT2D eigenvalue weighted by molar-refractivity contribution is 7.89. The van der Waals surface area contributed by atoms with Crippen LogP contribution in [0.1, 0.15) is 31.4 Å². The Labute approximate surface area is 165 Å². The summed E-state index contributed by atoms with van der Waals surface area (Å²) in [7, 11) is -1.87. The zero-order chi connectivity index (χ0) is 20.3. The molecule has 0 N–H and O–H groups in total. The molecule has 0 saturated carbocycles. The van der Waals surface area contributed by atoms with Crippen molar-refractivity contribution in [3.8, 4) is 0 Å². The van der Waals surface area contributed by atoms with Gasteiger partial charge in [-0.15, -0.1) is 0 Å². The minimum absolute atomic E-state index is 0.0372. The third-order valence-corrected chi connectivity index (χ3v) is 7.38. The molecule has 1 saturated heterocycles. The monoisotopic (exact) mass is 404 g/mol. The van der Waals surface area contributed by atoms with E-state index >= 15 is 0 Å². The summed E-state index contributed by atoms with van der Waals surface area (Å²) in [5.74, 6) is -0.634. The van der Waals surface area contributed by atoms with Crippen molar-refractivity contribution in [2.45, 2.75) is 30.7 Å². The van der Waals surface area contributed by atoms with E-state index in [2.05, 4.69) is 0 Å². The first kappa shape index (κ1) is 20.5. The minimum Gasteiger partial charge on any atom is -0.339 e. The van der Waals surface area contributed by atoms with Gasteiger partial charge in [0.2, 0.25) is 15.9 Å². The second kappa shape index (κ2) is 8.41. The zero-order valence-electron chi connectivity index (χ0n) is 16.1. The zero-order valence-corrected chi connectivity index (χ0v) is 16.9. The van der Waals surface area contributed by atoms with Crippen molar-refractivity contribution in [2.24, 2.45) is 5.92 Å². The van der Waals surface area contributed by atoms with Gasteiger partial charge in [0.1, 0.15) is 5.82 Å². The highest BCUT2D eigenvalue weighted by Crippen LogP contribution is 2.27. The second-order valence-electron chi connectivity index (χ2n) is 7.17. The summed E-state index contributed by atoms with van der Waals surface area (Å²) in [6.45, 7) is 2.55. The molecule has 0 aromatic heterocycles. The van der Waals surface area contributed by atoms with Crippen LogP contribution in [0.3, 0.4) is 0 Å². The molecule has 1 unspecified atom stereocenters. The molecule has 7 heteroatoms. The number of amides is 1. The van der Waals surface area contributed by atoms with Gasteiger partial charge in [-0.25, -0.2) is 12.8 Å². The first-order valence-electron chi connectivity index (χ1n) is 9.38. The maximum atomic E-state index is 13.1. The lowest BCUT2D eigenvalue weighted by Crippen LogP contribution is -2.43. The summed E-state index contributed by atoms with van der Waals surface area (Å²) in [5.41, 5.74) is 1.06. The normalized spacial score (nSPS) is 17.2. The average Bonchev–Trinajstić information content (AvgIpc) is 2.73. The van der Waals surface area contributed by atoms with Crippen molar-refractivity contribution < 1.29 is 17.6 Å². The fourth-order valence-electron chi connectivity index (χ4n) is 3.53. The molecule has 1 atom stereocenters. The van der Waals surface area contributed by atoms with E-state index in [0.29, 0.717) is 12.8 Å². The predicted octanol–water partition coefficient (Wildman–Crippen LogP) is 3.45. The van der Waals surface area contributed by atoms with Gasteiger partial charge < -0.3 is 4.90 Å². The molecular weight excluding hydrogens is 379 g/mol. The van der Waals surface area contributed by atoms with Crippen molar-refractivity contribution in [3.63, 3.8) is 0 Å². The number of hydrogen-bond donors (Lipinski definition) is 0. The quantitative estimate of drug-likeness (QED) is 0.767. The SMILES string of the molecule is CC(c1ccccc1)N(C)C(=O)C1CCN(S(=O)(=O)c2ccc(F)cc2)CC1. The topological polar surface area (TPSA) is 57.7 Å². The van der Waals surface area contributed by atoms with Gasteiger partial charge in [-0.2, -0.15) is 4.31 Å². The van der Waals surface area contributed by atoms with Gasteiger partial charge in [-0.1, -0.05) is 30.3 Å². The van der Waals surface area contributed by atoms with Crippen LogP contribution in [-0.2, 0) is 14.8 Å². The van der Waals surface area contributed by atoms with Crippen molar-refractivity contribution in [1.82, 2.24) is 9.21 Å². The molecule has 0 aliphatic carbocycles. The van der Waals surface area contributed by atoms with Crippen LogP contribution in [-0.4, -0.2) is 43.7 Å². The Balaban J connectivity index is 1.63. The van der Waals surface area contributed by atoms with E-state index in [-0.39, 0.29) is 35.9 Å². The molecule has 150 valence electrons. The summed E-state index contributed by atoms with van der Waals surface area (Å²) < 4.78 is 39.9. The molecule has 2 aromatic rings. The Morgan fingerprint density at radius 1 is 1.07 bits per heavy atom. The Bertz CT molecular complexity index is 908. The second-order valence-corrected chi connectivity index (χ2v) is 9.11. The number of nitrogens with zero attached hydrogens (tertiary/aromatic N) is 2. The Hall–Kier alpha value is -2.25. The number of piperidine rings is 1. The molecule has 0 radical (unpaired) electrons. The first-order chi connectivity index (χ1) is 13.3. The number of carbonyl (C=O) groups excluding carboxylic acids is 1. The van der Waals surface area contributed by atoms with Crippen LogP contribution in [0.15, 0.2) is 59.5 Å². The van der Waals surface area contributed by atoms with Gasteiger partial charge >= 0.3 is 0 Å². The lowest BCUT2D eigenvalue weighted by molar-refractivity contribution is -0.137. The summed E-state index contributed by atoms with van der Waals surface area (Å²) in [5, 5.41) is 0. The van der Waals surface area contributed by atoms with E-state index in [0.717, 1.165) is 17.7 Å². The standard InChI is InChI=1S/C21H25FN2O3S/c1-16(17-6-4-3-5-7-17)23(2)21(25)18-12-14-24(15-13-18)28(26,27)20-10-8-19(22)9-11-20/h3-11,16,18H,12-15H2,1-2H3. The Kier molecular flexibility index (Phi) is 6.15. The van der Waals surface area contributed by atoms with Crippen LogP contribution in [0.2, 0.25) is 0 Å².